The predicted molar refractivity (Wildman–Crippen MR) is 78.9 cm³/mol. The van der Waals surface area contributed by atoms with E-state index in [0.717, 1.165) is 19.5 Å². The molecule has 2 rings (SSSR count). The van der Waals surface area contributed by atoms with Gasteiger partial charge in [-0.25, -0.2) is 0 Å². The number of nitrogens with zero attached hydrogens (tertiary/aromatic N) is 1. The van der Waals surface area contributed by atoms with E-state index in [9.17, 15) is 4.79 Å². The number of carbonyl (C=O) groups is 1. The molecule has 1 heterocycles. The van der Waals surface area contributed by atoms with Crippen molar-refractivity contribution in [3.8, 4) is 0 Å². The van der Waals surface area contributed by atoms with Gasteiger partial charge in [0.15, 0.2) is 0 Å². The first-order valence-electron chi connectivity index (χ1n) is 8.14. The Morgan fingerprint density at radius 1 is 1.35 bits per heavy atom. The quantitative estimate of drug-likeness (QED) is 0.780. The van der Waals surface area contributed by atoms with Gasteiger partial charge in [-0.1, -0.05) is 12.8 Å². The van der Waals surface area contributed by atoms with Crippen LogP contribution in [0.3, 0.4) is 0 Å². The summed E-state index contributed by atoms with van der Waals surface area (Å²) in [5.74, 6) is -0.698. The number of carboxylic acid groups (broad SMARTS) is 1. The number of ether oxygens (including phenoxy) is 1. The third-order valence-electron chi connectivity index (χ3n) is 4.86. The second kappa shape index (κ2) is 6.90. The van der Waals surface area contributed by atoms with E-state index in [1.165, 1.54) is 38.5 Å². The Bertz CT molecular complexity index is 324. The predicted octanol–water partition coefficient (Wildman–Crippen LogP) is 3.05. The van der Waals surface area contributed by atoms with Gasteiger partial charge in [-0.05, 0) is 52.5 Å². The van der Waals surface area contributed by atoms with Crippen LogP contribution in [0.2, 0.25) is 0 Å². The third kappa shape index (κ3) is 4.19. The first kappa shape index (κ1) is 15.8. The fraction of sp³-hybridized carbons (Fsp3) is 0.938. The van der Waals surface area contributed by atoms with Crippen LogP contribution in [0.4, 0.5) is 0 Å². The molecule has 1 unspecified atom stereocenters. The van der Waals surface area contributed by atoms with Crippen LogP contribution in [0.5, 0.6) is 0 Å². The van der Waals surface area contributed by atoms with Crippen molar-refractivity contribution >= 4 is 5.97 Å². The first-order chi connectivity index (χ1) is 9.51. The normalized spacial score (nSPS) is 25.1. The van der Waals surface area contributed by atoms with Crippen molar-refractivity contribution in [3.05, 3.63) is 0 Å². The summed E-state index contributed by atoms with van der Waals surface area (Å²) in [6.45, 7) is 6.18. The summed E-state index contributed by atoms with van der Waals surface area (Å²) < 4.78 is 6.36. The molecule has 4 nitrogen and oxygen atoms in total. The van der Waals surface area contributed by atoms with Crippen molar-refractivity contribution in [2.24, 2.45) is 0 Å². The Labute approximate surface area is 122 Å². The highest BCUT2D eigenvalue weighted by Crippen LogP contribution is 2.43. The van der Waals surface area contributed by atoms with Gasteiger partial charge in [0.1, 0.15) is 0 Å². The van der Waals surface area contributed by atoms with E-state index in [1.54, 1.807) is 0 Å². The Morgan fingerprint density at radius 3 is 2.65 bits per heavy atom. The number of aliphatic carboxylic acids is 1. The minimum Gasteiger partial charge on any atom is -0.481 e. The lowest BCUT2D eigenvalue weighted by Gasteiger charge is -2.30. The fourth-order valence-corrected chi connectivity index (χ4v) is 3.67. The second-order valence-corrected chi connectivity index (χ2v) is 6.75. The molecular formula is C16H29NO3. The van der Waals surface area contributed by atoms with Crippen LogP contribution in [0.1, 0.15) is 65.2 Å². The Morgan fingerprint density at radius 2 is 2.05 bits per heavy atom. The summed E-state index contributed by atoms with van der Waals surface area (Å²) in [7, 11) is 0. The first-order valence-corrected chi connectivity index (χ1v) is 8.14. The molecule has 20 heavy (non-hydrogen) atoms. The molecule has 2 fully saturated rings. The highest BCUT2D eigenvalue weighted by Gasteiger charge is 2.42. The number of hydrogen-bond acceptors (Lipinski definition) is 3. The molecule has 1 aliphatic carbocycles. The molecule has 1 N–H and O–H groups in total. The van der Waals surface area contributed by atoms with E-state index < -0.39 is 5.97 Å². The van der Waals surface area contributed by atoms with E-state index in [0.29, 0.717) is 12.1 Å². The average Bonchev–Trinajstić information content (AvgIpc) is 2.99. The maximum atomic E-state index is 10.6. The smallest absolute Gasteiger partial charge is 0.303 e. The number of rotatable bonds is 7. The lowest BCUT2D eigenvalue weighted by atomic mass is 9.98. The molecule has 2 aliphatic rings. The van der Waals surface area contributed by atoms with E-state index in [2.05, 4.69) is 18.7 Å². The minimum atomic E-state index is -0.698. The molecule has 1 saturated heterocycles. The van der Waals surface area contributed by atoms with Gasteiger partial charge in [0, 0.05) is 19.0 Å². The Kier molecular flexibility index (Phi) is 5.44. The summed E-state index contributed by atoms with van der Waals surface area (Å²) in [4.78, 5) is 13.0. The summed E-state index contributed by atoms with van der Waals surface area (Å²) >= 11 is 0. The molecule has 0 amide bonds. The molecule has 0 aromatic rings. The highest BCUT2D eigenvalue weighted by atomic mass is 16.5. The Balaban J connectivity index is 1.78. The van der Waals surface area contributed by atoms with Crippen LogP contribution in [-0.2, 0) is 9.53 Å². The third-order valence-corrected chi connectivity index (χ3v) is 4.86. The molecule has 1 saturated carbocycles. The largest absolute Gasteiger partial charge is 0.481 e. The average molecular weight is 283 g/mol. The lowest BCUT2D eigenvalue weighted by Crippen LogP contribution is -2.39. The number of carboxylic acids is 1. The number of hydrogen-bond donors (Lipinski definition) is 1. The van der Waals surface area contributed by atoms with Crippen molar-refractivity contribution in [2.45, 2.75) is 83.0 Å². The summed E-state index contributed by atoms with van der Waals surface area (Å²) in [5.41, 5.74) is 0.203. The van der Waals surface area contributed by atoms with Gasteiger partial charge in [-0.15, -0.1) is 0 Å². The lowest BCUT2D eigenvalue weighted by molar-refractivity contribution is -0.137. The van der Waals surface area contributed by atoms with Gasteiger partial charge in [0.2, 0.25) is 0 Å². The van der Waals surface area contributed by atoms with E-state index in [-0.39, 0.29) is 12.0 Å². The Hall–Kier alpha value is -0.610. The maximum Gasteiger partial charge on any atom is 0.303 e. The van der Waals surface area contributed by atoms with Crippen molar-refractivity contribution in [2.75, 3.05) is 13.1 Å². The van der Waals surface area contributed by atoms with Gasteiger partial charge in [0.25, 0.3) is 0 Å². The standard InChI is InChI=1S/C16H29NO3/c1-13(2)17(11-5-6-15(18)19)12-14-7-10-16(20-14)8-3-4-9-16/h13-14H,3-12H2,1-2H3,(H,18,19). The zero-order chi connectivity index (χ0) is 14.6. The molecule has 1 spiro atoms. The van der Waals surface area contributed by atoms with Crippen LogP contribution in [0.25, 0.3) is 0 Å². The zero-order valence-corrected chi connectivity index (χ0v) is 12.9. The monoisotopic (exact) mass is 283 g/mol. The SMILES string of the molecule is CC(C)N(CCCC(=O)O)CC1CCC2(CCCC2)O1. The van der Waals surface area contributed by atoms with Crippen LogP contribution in [0, 0.1) is 0 Å². The summed E-state index contributed by atoms with van der Waals surface area (Å²) in [6.07, 6.45) is 8.85. The molecular weight excluding hydrogens is 254 g/mol. The van der Waals surface area contributed by atoms with Crippen LogP contribution < -0.4 is 0 Å². The fourth-order valence-electron chi connectivity index (χ4n) is 3.67. The zero-order valence-electron chi connectivity index (χ0n) is 12.9. The van der Waals surface area contributed by atoms with E-state index in [1.807, 2.05) is 0 Å². The van der Waals surface area contributed by atoms with E-state index >= 15 is 0 Å². The van der Waals surface area contributed by atoms with Gasteiger partial charge < -0.3 is 9.84 Å². The molecule has 0 radical (unpaired) electrons. The van der Waals surface area contributed by atoms with Crippen LogP contribution >= 0.6 is 0 Å². The second-order valence-electron chi connectivity index (χ2n) is 6.75. The summed E-state index contributed by atoms with van der Waals surface area (Å²) in [5, 5.41) is 8.75. The van der Waals surface area contributed by atoms with Crippen LogP contribution in [-0.4, -0.2) is 46.8 Å². The molecule has 1 atom stereocenters. The highest BCUT2D eigenvalue weighted by molar-refractivity contribution is 5.66. The van der Waals surface area contributed by atoms with E-state index in [4.69, 9.17) is 9.84 Å². The van der Waals surface area contributed by atoms with Crippen molar-refractivity contribution in [3.63, 3.8) is 0 Å². The van der Waals surface area contributed by atoms with Gasteiger partial charge in [-0.2, -0.15) is 0 Å². The summed E-state index contributed by atoms with van der Waals surface area (Å²) in [6, 6.07) is 0.451. The molecule has 1 aliphatic heterocycles. The van der Waals surface area contributed by atoms with Crippen molar-refractivity contribution in [1.82, 2.24) is 4.90 Å². The van der Waals surface area contributed by atoms with Crippen molar-refractivity contribution < 1.29 is 14.6 Å². The van der Waals surface area contributed by atoms with Gasteiger partial charge >= 0.3 is 5.97 Å². The minimum absolute atomic E-state index is 0.203. The maximum absolute atomic E-state index is 10.6. The molecule has 0 aromatic carbocycles. The molecule has 116 valence electrons. The van der Waals surface area contributed by atoms with Crippen LogP contribution in [0.15, 0.2) is 0 Å². The van der Waals surface area contributed by atoms with Crippen molar-refractivity contribution in [1.29, 1.82) is 0 Å². The van der Waals surface area contributed by atoms with Gasteiger partial charge in [-0.3, -0.25) is 9.69 Å². The molecule has 0 bridgehead atoms. The topological polar surface area (TPSA) is 49.8 Å². The molecule has 4 heteroatoms. The molecule has 0 aromatic heterocycles. The van der Waals surface area contributed by atoms with Gasteiger partial charge in [0.05, 0.1) is 11.7 Å².